The molecule has 2 rings (SSSR count). The second kappa shape index (κ2) is 7.72. The second-order valence-electron chi connectivity index (χ2n) is 7.17. The van der Waals surface area contributed by atoms with E-state index in [9.17, 15) is 13.2 Å². The van der Waals surface area contributed by atoms with E-state index in [2.05, 4.69) is 5.32 Å². The Hall–Kier alpha value is -1.64. The third-order valence-electron chi connectivity index (χ3n) is 3.73. The van der Waals surface area contributed by atoms with Crippen molar-refractivity contribution < 1.29 is 22.7 Å². The van der Waals surface area contributed by atoms with E-state index in [1.54, 1.807) is 12.1 Å². The topological polar surface area (TPSA) is 84.9 Å². The molecule has 1 heterocycles. The maximum Gasteiger partial charge on any atom is 0.246 e. The third-order valence-corrected chi connectivity index (χ3v) is 5.65. The van der Waals surface area contributed by atoms with Gasteiger partial charge in [-0.25, -0.2) is 8.42 Å². The lowest BCUT2D eigenvalue weighted by atomic mass is 9.92. The monoisotopic (exact) mass is 370 g/mol. The van der Waals surface area contributed by atoms with Crippen LogP contribution in [0, 0.1) is 5.41 Å². The van der Waals surface area contributed by atoms with Gasteiger partial charge in [-0.05, 0) is 23.6 Å². The van der Waals surface area contributed by atoms with Gasteiger partial charge in [0.25, 0.3) is 0 Å². The summed E-state index contributed by atoms with van der Waals surface area (Å²) in [4.78, 5) is 12.2. The highest BCUT2D eigenvalue weighted by Crippen LogP contribution is 2.30. The molecule has 1 amide bonds. The number of carbonyl (C=O) groups excluding carboxylic acids is 1. The predicted molar refractivity (Wildman–Crippen MR) is 95.3 cm³/mol. The van der Waals surface area contributed by atoms with E-state index in [-0.39, 0.29) is 22.0 Å². The number of ether oxygens (including phenoxy) is 2. The molecular formula is C17H26N2O5S. The van der Waals surface area contributed by atoms with Gasteiger partial charge in [-0.2, -0.15) is 4.31 Å². The lowest BCUT2D eigenvalue weighted by Crippen LogP contribution is -2.40. The highest BCUT2D eigenvalue weighted by atomic mass is 32.2. The second-order valence-corrected chi connectivity index (χ2v) is 9.07. The van der Waals surface area contributed by atoms with Gasteiger partial charge in [-0.15, -0.1) is 0 Å². The maximum atomic E-state index is 12.9. The molecule has 0 aromatic heterocycles. The van der Waals surface area contributed by atoms with Crippen molar-refractivity contribution >= 4 is 21.6 Å². The highest BCUT2D eigenvalue weighted by molar-refractivity contribution is 7.89. The molecule has 0 saturated carbocycles. The molecule has 1 aromatic rings. The fraction of sp³-hybridized carbons (Fsp3) is 0.588. The van der Waals surface area contributed by atoms with Crippen LogP contribution in [0.2, 0.25) is 0 Å². The maximum absolute atomic E-state index is 12.9. The fourth-order valence-corrected chi connectivity index (χ4v) is 4.16. The average Bonchev–Trinajstić information content (AvgIpc) is 2.53. The van der Waals surface area contributed by atoms with Gasteiger partial charge < -0.3 is 14.8 Å². The van der Waals surface area contributed by atoms with Crippen LogP contribution in [0.5, 0.6) is 5.75 Å². The van der Waals surface area contributed by atoms with Crippen LogP contribution in [0.15, 0.2) is 23.1 Å². The lowest BCUT2D eigenvalue weighted by Gasteiger charge is -2.27. The Morgan fingerprint density at radius 1 is 1.28 bits per heavy atom. The van der Waals surface area contributed by atoms with Gasteiger partial charge in [-0.1, -0.05) is 20.8 Å². The number of nitrogens with zero attached hydrogens (tertiary/aromatic N) is 1. The Bertz CT molecular complexity index is 719. The molecule has 1 aromatic carbocycles. The van der Waals surface area contributed by atoms with Crippen molar-refractivity contribution in [1.29, 1.82) is 0 Å². The van der Waals surface area contributed by atoms with Crippen LogP contribution < -0.4 is 10.1 Å². The molecule has 1 fully saturated rings. The number of anilines is 1. The number of carbonyl (C=O) groups is 1. The molecule has 1 aliphatic heterocycles. The van der Waals surface area contributed by atoms with Crippen molar-refractivity contribution in [1.82, 2.24) is 4.31 Å². The predicted octanol–water partition coefficient (Wildman–Crippen LogP) is 2.09. The Kier molecular flexibility index (Phi) is 6.08. The zero-order valence-corrected chi connectivity index (χ0v) is 16.0. The molecule has 0 spiro atoms. The van der Waals surface area contributed by atoms with Gasteiger partial charge >= 0.3 is 0 Å². The van der Waals surface area contributed by atoms with Gasteiger partial charge in [0.05, 0.1) is 20.3 Å². The molecule has 7 nitrogen and oxygen atoms in total. The van der Waals surface area contributed by atoms with Crippen molar-refractivity contribution in [3.05, 3.63) is 18.2 Å². The quantitative estimate of drug-likeness (QED) is 0.858. The number of nitrogens with one attached hydrogen (secondary N) is 1. The molecule has 0 unspecified atom stereocenters. The van der Waals surface area contributed by atoms with Crippen LogP contribution in [0.3, 0.4) is 0 Å². The Morgan fingerprint density at radius 3 is 2.48 bits per heavy atom. The summed E-state index contributed by atoms with van der Waals surface area (Å²) in [5.74, 6) is 0.0905. The Labute approximate surface area is 149 Å². The first kappa shape index (κ1) is 19.7. The average molecular weight is 370 g/mol. The first-order valence-electron chi connectivity index (χ1n) is 8.19. The number of sulfonamides is 1. The van der Waals surface area contributed by atoms with E-state index < -0.39 is 10.0 Å². The molecular weight excluding hydrogens is 344 g/mol. The minimum Gasteiger partial charge on any atom is -0.495 e. The number of methoxy groups -OCH3 is 1. The van der Waals surface area contributed by atoms with E-state index in [1.165, 1.54) is 17.5 Å². The van der Waals surface area contributed by atoms with Gasteiger partial charge in [-0.3, -0.25) is 4.79 Å². The van der Waals surface area contributed by atoms with Crippen LogP contribution in [-0.4, -0.2) is 52.0 Å². The summed E-state index contributed by atoms with van der Waals surface area (Å²) in [5, 5.41) is 2.76. The van der Waals surface area contributed by atoms with Gasteiger partial charge in [0.1, 0.15) is 10.6 Å². The summed E-state index contributed by atoms with van der Waals surface area (Å²) in [6.07, 6.45) is 0.338. The molecule has 0 radical (unpaired) electrons. The number of hydrogen-bond donors (Lipinski definition) is 1. The van der Waals surface area contributed by atoms with Gasteiger partial charge in [0.2, 0.25) is 15.9 Å². The normalized spacial score (nSPS) is 16.5. The van der Waals surface area contributed by atoms with Crippen molar-refractivity contribution in [2.24, 2.45) is 5.41 Å². The van der Waals surface area contributed by atoms with E-state index in [0.717, 1.165) is 0 Å². The number of rotatable bonds is 5. The minimum absolute atomic E-state index is 0.0467. The number of hydrogen-bond acceptors (Lipinski definition) is 5. The fourth-order valence-electron chi connectivity index (χ4n) is 2.57. The Balaban J connectivity index is 2.29. The van der Waals surface area contributed by atoms with E-state index in [0.29, 0.717) is 38.4 Å². The Morgan fingerprint density at radius 2 is 1.92 bits per heavy atom. The third kappa shape index (κ3) is 5.17. The van der Waals surface area contributed by atoms with Crippen molar-refractivity contribution in [2.45, 2.75) is 32.1 Å². The summed E-state index contributed by atoms with van der Waals surface area (Å²) < 4.78 is 37.6. The van der Waals surface area contributed by atoms with E-state index in [1.807, 2.05) is 20.8 Å². The van der Waals surface area contributed by atoms with E-state index in [4.69, 9.17) is 9.47 Å². The number of benzene rings is 1. The van der Waals surface area contributed by atoms with Crippen molar-refractivity contribution in [3.63, 3.8) is 0 Å². The van der Waals surface area contributed by atoms with Crippen LogP contribution in [0.25, 0.3) is 0 Å². The molecule has 1 N–H and O–H groups in total. The zero-order chi connectivity index (χ0) is 18.7. The van der Waals surface area contributed by atoms with Crippen LogP contribution >= 0.6 is 0 Å². The molecule has 0 atom stereocenters. The van der Waals surface area contributed by atoms with E-state index >= 15 is 0 Å². The molecule has 1 aliphatic rings. The molecule has 25 heavy (non-hydrogen) atoms. The number of morpholine rings is 1. The summed E-state index contributed by atoms with van der Waals surface area (Å²) >= 11 is 0. The molecule has 140 valence electrons. The summed E-state index contributed by atoms with van der Waals surface area (Å²) in [7, 11) is -2.30. The number of amides is 1. The van der Waals surface area contributed by atoms with Crippen LogP contribution in [0.4, 0.5) is 5.69 Å². The minimum atomic E-state index is -3.72. The molecule has 1 saturated heterocycles. The zero-order valence-electron chi connectivity index (χ0n) is 15.2. The summed E-state index contributed by atoms with van der Waals surface area (Å²) in [6, 6.07) is 4.64. The lowest BCUT2D eigenvalue weighted by molar-refractivity contribution is -0.117. The SMILES string of the molecule is COc1ccc(NC(=O)CC(C)(C)C)cc1S(=O)(=O)N1CCOCC1. The van der Waals surface area contributed by atoms with Crippen LogP contribution in [-0.2, 0) is 19.6 Å². The molecule has 0 bridgehead atoms. The first-order chi connectivity index (χ1) is 11.6. The summed E-state index contributed by atoms with van der Waals surface area (Å²) in [5.41, 5.74) is 0.279. The largest absolute Gasteiger partial charge is 0.495 e. The standard InChI is InChI=1S/C17H26N2O5S/c1-17(2,3)12-16(20)18-13-5-6-14(23-4)15(11-13)25(21,22)19-7-9-24-10-8-19/h5-6,11H,7-10,12H2,1-4H3,(H,18,20). The summed E-state index contributed by atoms with van der Waals surface area (Å²) in [6.45, 7) is 7.23. The van der Waals surface area contributed by atoms with Crippen LogP contribution in [0.1, 0.15) is 27.2 Å². The molecule has 8 heteroatoms. The first-order valence-corrected chi connectivity index (χ1v) is 9.63. The highest BCUT2D eigenvalue weighted by Gasteiger charge is 2.29. The smallest absolute Gasteiger partial charge is 0.246 e. The molecule has 0 aliphatic carbocycles. The van der Waals surface area contributed by atoms with Gasteiger partial charge in [0.15, 0.2) is 0 Å². The van der Waals surface area contributed by atoms with Gasteiger partial charge in [0, 0.05) is 25.2 Å². The van der Waals surface area contributed by atoms with Crippen molar-refractivity contribution in [3.8, 4) is 5.75 Å². The van der Waals surface area contributed by atoms with Crippen molar-refractivity contribution in [2.75, 3.05) is 38.7 Å².